The molecule has 0 aliphatic carbocycles. The van der Waals surface area contributed by atoms with Crippen molar-refractivity contribution in [3.63, 3.8) is 0 Å². The Morgan fingerprint density at radius 3 is 2.47 bits per heavy atom. The molecule has 36 heavy (non-hydrogen) atoms. The third-order valence-electron chi connectivity index (χ3n) is 6.18. The monoisotopic (exact) mass is 509 g/mol. The number of nitrogen functional groups attached to an aromatic ring is 1. The van der Waals surface area contributed by atoms with Gasteiger partial charge in [-0.3, -0.25) is 0 Å². The molecule has 3 heterocycles. The highest BCUT2D eigenvalue weighted by Gasteiger charge is 2.29. The molecule has 5 rings (SSSR count). The predicted octanol–water partition coefficient (Wildman–Crippen LogP) is 3.60. The van der Waals surface area contributed by atoms with E-state index in [0.717, 1.165) is 0 Å². The number of aromatic nitrogens is 3. The first kappa shape index (κ1) is 24.0. The maximum Gasteiger partial charge on any atom is 0.189 e. The lowest BCUT2D eigenvalue weighted by atomic mass is 10.1. The fraction of sp³-hybridized carbons (Fsp3) is 0.240. The van der Waals surface area contributed by atoms with E-state index in [1.165, 1.54) is 18.3 Å². The van der Waals surface area contributed by atoms with Gasteiger partial charge in [0, 0.05) is 37.0 Å². The highest BCUT2D eigenvalue weighted by atomic mass is 32.2. The molecule has 0 saturated carbocycles. The summed E-state index contributed by atoms with van der Waals surface area (Å²) in [5.74, 6) is -0.140. The molecule has 11 heteroatoms. The summed E-state index contributed by atoms with van der Waals surface area (Å²) in [5.41, 5.74) is 14.2. The van der Waals surface area contributed by atoms with Crippen molar-refractivity contribution in [2.45, 2.75) is 29.5 Å². The second kappa shape index (κ2) is 9.76. The maximum atomic E-state index is 14.5. The lowest BCUT2D eigenvalue weighted by Crippen LogP contribution is -2.28. The molecule has 0 amide bonds. The highest BCUT2D eigenvalue weighted by molar-refractivity contribution is 7.92. The number of nitrogens with zero attached hydrogens (tertiary/aromatic N) is 3. The molecule has 4 N–H and O–H groups in total. The Labute approximate surface area is 207 Å². The third kappa shape index (κ3) is 4.60. The van der Waals surface area contributed by atoms with Crippen molar-refractivity contribution in [2.75, 3.05) is 18.9 Å². The molecule has 1 fully saturated rings. The van der Waals surface area contributed by atoms with Crippen molar-refractivity contribution < 1.29 is 22.1 Å². The van der Waals surface area contributed by atoms with Crippen molar-refractivity contribution in [1.29, 1.82) is 0 Å². The van der Waals surface area contributed by atoms with Gasteiger partial charge in [0.05, 0.1) is 22.0 Å². The Bertz CT molecular complexity index is 1500. The van der Waals surface area contributed by atoms with Crippen LogP contribution in [-0.4, -0.2) is 42.0 Å². The Balaban J connectivity index is 1.43. The van der Waals surface area contributed by atoms with E-state index in [0.29, 0.717) is 42.9 Å². The number of sulfone groups is 1. The van der Waals surface area contributed by atoms with E-state index < -0.39 is 20.9 Å². The number of benzene rings is 2. The number of rotatable bonds is 6. The predicted molar refractivity (Wildman–Crippen MR) is 132 cm³/mol. The molecular weight excluding hydrogens is 485 g/mol. The number of halogens is 1. The third-order valence-corrected chi connectivity index (χ3v) is 8.45. The summed E-state index contributed by atoms with van der Waals surface area (Å²) in [6.07, 6.45) is 2.46. The second-order valence-corrected chi connectivity index (χ2v) is 10.7. The molecule has 186 valence electrons. The number of anilines is 1. The van der Waals surface area contributed by atoms with Gasteiger partial charge in [-0.05, 0) is 42.7 Å². The fourth-order valence-corrected chi connectivity index (χ4v) is 5.83. The minimum Gasteiger partial charge on any atom is -0.382 e. The van der Waals surface area contributed by atoms with Gasteiger partial charge < -0.3 is 20.7 Å². The zero-order valence-corrected chi connectivity index (χ0v) is 20.0. The molecule has 1 aliphatic heterocycles. The number of hydrogen-bond acceptors (Lipinski definition) is 9. The molecule has 4 aromatic rings. The first-order valence-corrected chi connectivity index (χ1v) is 12.9. The molecular formula is C25H24FN5O4S. The van der Waals surface area contributed by atoms with Crippen LogP contribution in [0, 0.1) is 5.82 Å². The number of ether oxygens (including phenoxy) is 1. The minimum atomic E-state index is -3.45. The molecule has 0 atom stereocenters. The van der Waals surface area contributed by atoms with E-state index in [1.54, 1.807) is 36.4 Å². The standard InChI is InChI=1S/C25H24FN5O4S/c26-20-11-15(13-27)1-6-19(20)21-12-23(35-31-21)24-25(28)29-14-22(30-24)16-2-4-17(5-3-16)36(32,33)18-7-9-34-10-8-18/h1-6,11-12,14,18H,7-10,13,27H2,(H2,28,29). The zero-order valence-electron chi connectivity index (χ0n) is 19.2. The average Bonchev–Trinajstić information content (AvgIpc) is 3.39. The van der Waals surface area contributed by atoms with Crippen molar-refractivity contribution in [1.82, 2.24) is 15.1 Å². The summed E-state index contributed by atoms with van der Waals surface area (Å²) in [5, 5.41) is 3.51. The van der Waals surface area contributed by atoms with Crippen molar-refractivity contribution in [3.05, 3.63) is 66.1 Å². The topological polar surface area (TPSA) is 147 Å². The number of nitrogens with two attached hydrogens (primary N) is 2. The molecule has 0 spiro atoms. The summed E-state index contributed by atoms with van der Waals surface area (Å²) in [6, 6.07) is 12.7. The van der Waals surface area contributed by atoms with E-state index in [-0.39, 0.29) is 40.0 Å². The van der Waals surface area contributed by atoms with Crippen LogP contribution >= 0.6 is 0 Å². The van der Waals surface area contributed by atoms with Crippen LogP contribution in [0.3, 0.4) is 0 Å². The van der Waals surface area contributed by atoms with Crippen molar-refractivity contribution in [2.24, 2.45) is 5.73 Å². The summed E-state index contributed by atoms with van der Waals surface area (Å²) in [4.78, 5) is 9.01. The van der Waals surface area contributed by atoms with Crippen LogP contribution < -0.4 is 11.5 Å². The Morgan fingerprint density at radius 2 is 1.78 bits per heavy atom. The average molecular weight is 510 g/mol. The minimum absolute atomic E-state index is 0.110. The van der Waals surface area contributed by atoms with E-state index in [2.05, 4.69) is 15.1 Å². The van der Waals surface area contributed by atoms with Gasteiger partial charge in [-0.1, -0.05) is 23.4 Å². The van der Waals surface area contributed by atoms with Gasteiger partial charge in [0.25, 0.3) is 0 Å². The van der Waals surface area contributed by atoms with E-state index >= 15 is 0 Å². The van der Waals surface area contributed by atoms with Gasteiger partial charge in [-0.2, -0.15) is 0 Å². The first-order chi connectivity index (χ1) is 17.4. The fourth-order valence-electron chi connectivity index (χ4n) is 4.12. The highest BCUT2D eigenvalue weighted by Crippen LogP contribution is 2.31. The van der Waals surface area contributed by atoms with Gasteiger partial charge in [-0.15, -0.1) is 0 Å². The summed E-state index contributed by atoms with van der Waals surface area (Å²) in [6.45, 7) is 1.12. The molecule has 2 aromatic carbocycles. The Morgan fingerprint density at radius 1 is 1.03 bits per heavy atom. The van der Waals surface area contributed by atoms with Gasteiger partial charge in [0.15, 0.2) is 27.1 Å². The largest absolute Gasteiger partial charge is 0.382 e. The Hall–Kier alpha value is -3.67. The second-order valence-electron chi connectivity index (χ2n) is 8.46. The summed E-state index contributed by atoms with van der Waals surface area (Å²) in [7, 11) is -3.45. The molecule has 0 unspecified atom stereocenters. The summed E-state index contributed by atoms with van der Waals surface area (Å²) < 4.78 is 51.1. The van der Waals surface area contributed by atoms with Gasteiger partial charge in [-0.25, -0.2) is 22.8 Å². The molecule has 2 aromatic heterocycles. The lowest BCUT2D eigenvalue weighted by molar-refractivity contribution is 0.0983. The van der Waals surface area contributed by atoms with Crippen LogP contribution in [0.1, 0.15) is 18.4 Å². The lowest BCUT2D eigenvalue weighted by Gasteiger charge is -2.22. The first-order valence-electron chi connectivity index (χ1n) is 11.4. The van der Waals surface area contributed by atoms with E-state index in [1.807, 2.05) is 0 Å². The van der Waals surface area contributed by atoms with Crippen molar-refractivity contribution >= 4 is 15.7 Å². The maximum absolute atomic E-state index is 14.5. The van der Waals surface area contributed by atoms with Gasteiger partial charge in [0.1, 0.15) is 11.5 Å². The molecule has 1 saturated heterocycles. The molecule has 1 aliphatic rings. The van der Waals surface area contributed by atoms with Gasteiger partial charge in [0.2, 0.25) is 0 Å². The number of hydrogen-bond donors (Lipinski definition) is 2. The Kier molecular flexibility index (Phi) is 6.52. The SMILES string of the molecule is NCc1ccc(-c2cc(-c3nc(-c4ccc(S(=O)(=O)C5CCOCC5)cc4)cnc3N)on2)c(F)c1. The van der Waals surface area contributed by atoms with Crippen LogP contribution in [0.4, 0.5) is 10.2 Å². The van der Waals surface area contributed by atoms with Crippen LogP contribution in [0.5, 0.6) is 0 Å². The quantitative estimate of drug-likeness (QED) is 0.398. The van der Waals surface area contributed by atoms with Crippen LogP contribution in [0.15, 0.2) is 64.1 Å². The van der Waals surface area contributed by atoms with Crippen molar-refractivity contribution in [3.8, 4) is 34.0 Å². The van der Waals surface area contributed by atoms with E-state index in [9.17, 15) is 12.8 Å². The zero-order chi connectivity index (χ0) is 25.3. The summed E-state index contributed by atoms with van der Waals surface area (Å²) >= 11 is 0. The normalized spacial score (nSPS) is 14.7. The van der Waals surface area contributed by atoms with Crippen LogP contribution in [0.2, 0.25) is 0 Å². The van der Waals surface area contributed by atoms with Crippen LogP contribution in [-0.2, 0) is 21.1 Å². The molecule has 0 radical (unpaired) electrons. The van der Waals surface area contributed by atoms with Crippen LogP contribution in [0.25, 0.3) is 34.0 Å². The van der Waals surface area contributed by atoms with E-state index in [4.69, 9.17) is 20.7 Å². The van der Waals surface area contributed by atoms with Gasteiger partial charge >= 0.3 is 0 Å². The molecule has 0 bridgehead atoms. The smallest absolute Gasteiger partial charge is 0.189 e. The molecule has 9 nitrogen and oxygen atoms in total.